The van der Waals surface area contributed by atoms with Crippen LogP contribution in [0.4, 0.5) is 5.82 Å². The first-order valence-electron chi connectivity index (χ1n) is 7.30. The molecule has 0 radical (unpaired) electrons. The van der Waals surface area contributed by atoms with E-state index in [0.717, 1.165) is 4.88 Å². The third-order valence-electron chi connectivity index (χ3n) is 3.82. The molecule has 2 aromatic rings. The minimum absolute atomic E-state index is 0.0150. The first-order chi connectivity index (χ1) is 11.2. The number of nitrogens with zero attached hydrogens (tertiary/aromatic N) is 3. The second-order valence-electron chi connectivity index (χ2n) is 5.33. The van der Waals surface area contributed by atoms with Gasteiger partial charge < -0.3 is 14.7 Å². The number of hydrogen-bond donors (Lipinski definition) is 1. The van der Waals surface area contributed by atoms with Crippen LogP contribution in [0, 0.1) is 11.3 Å². The van der Waals surface area contributed by atoms with E-state index in [4.69, 9.17) is 21.6 Å². The van der Waals surface area contributed by atoms with Crippen molar-refractivity contribution in [2.24, 2.45) is 0 Å². The van der Waals surface area contributed by atoms with E-state index in [1.165, 1.54) is 17.5 Å². The Hall–Kier alpha value is -1.65. The molecule has 1 saturated heterocycles. The number of aromatic nitrogens is 1. The minimum atomic E-state index is -0.540. The number of aliphatic hydroxyl groups is 1. The first kappa shape index (κ1) is 16.2. The van der Waals surface area contributed by atoms with Gasteiger partial charge in [0.2, 0.25) is 0 Å². The van der Waals surface area contributed by atoms with Crippen molar-refractivity contribution in [1.29, 1.82) is 5.26 Å². The van der Waals surface area contributed by atoms with E-state index in [1.807, 2.05) is 23.6 Å². The zero-order valence-electron chi connectivity index (χ0n) is 12.4. The van der Waals surface area contributed by atoms with Crippen LogP contribution in [0.5, 0.6) is 0 Å². The molecule has 3 rings (SSSR count). The van der Waals surface area contributed by atoms with Crippen LogP contribution in [0.1, 0.15) is 23.0 Å². The molecule has 2 atom stereocenters. The van der Waals surface area contributed by atoms with E-state index in [1.54, 1.807) is 6.07 Å². The summed E-state index contributed by atoms with van der Waals surface area (Å²) in [4.78, 5) is 7.33. The highest BCUT2D eigenvalue weighted by atomic mass is 35.5. The number of rotatable bonds is 4. The van der Waals surface area contributed by atoms with Gasteiger partial charge in [-0.15, -0.1) is 11.3 Å². The average molecular weight is 350 g/mol. The maximum absolute atomic E-state index is 10.4. The lowest BCUT2D eigenvalue weighted by Crippen LogP contribution is -2.46. The molecule has 3 heterocycles. The number of ether oxygens (including phenoxy) is 1. The quantitative estimate of drug-likeness (QED) is 0.918. The van der Waals surface area contributed by atoms with E-state index in [0.29, 0.717) is 42.6 Å². The van der Waals surface area contributed by atoms with Crippen LogP contribution in [-0.4, -0.2) is 35.9 Å². The van der Waals surface area contributed by atoms with Crippen LogP contribution < -0.4 is 4.90 Å². The monoisotopic (exact) mass is 349 g/mol. The van der Waals surface area contributed by atoms with E-state index in [-0.39, 0.29) is 6.04 Å². The topological polar surface area (TPSA) is 69.4 Å². The van der Waals surface area contributed by atoms with Crippen LogP contribution >= 0.6 is 22.9 Å². The molecular formula is C16H16ClN3O2S. The van der Waals surface area contributed by atoms with Gasteiger partial charge in [0.1, 0.15) is 11.9 Å². The summed E-state index contributed by atoms with van der Waals surface area (Å²) in [6.45, 7) is 1.75. The number of morpholine rings is 1. The molecule has 23 heavy (non-hydrogen) atoms. The molecule has 120 valence electrons. The Bertz CT molecular complexity index is 702. The fourth-order valence-corrected chi connectivity index (χ4v) is 3.69. The number of aliphatic hydroxyl groups excluding tert-OH is 1. The number of halogens is 1. The molecule has 0 spiro atoms. The minimum Gasteiger partial charge on any atom is -0.387 e. The summed E-state index contributed by atoms with van der Waals surface area (Å²) >= 11 is 7.82. The van der Waals surface area contributed by atoms with Crippen molar-refractivity contribution in [3.8, 4) is 6.07 Å². The van der Waals surface area contributed by atoms with Crippen LogP contribution in [0.25, 0.3) is 0 Å². The van der Waals surface area contributed by atoms with Gasteiger partial charge in [0.05, 0.1) is 35.9 Å². The van der Waals surface area contributed by atoms with Crippen molar-refractivity contribution in [2.75, 3.05) is 24.7 Å². The molecule has 7 heteroatoms. The Labute approximate surface area is 143 Å². The van der Waals surface area contributed by atoms with Gasteiger partial charge in [0.15, 0.2) is 0 Å². The highest BCUT2D eigenvalue weighted by Crippen LogP contribution is 2.31. The third-order valence-corrected chi connectivity index (χ3v) is 5.07. The van der Waals surface area contributed by atoms with Crippen molar-refractivity contribution < 1.29 is 9.84 Å². The molecule has 1 aliphatic heterocycles. The van der Waals surface area contributed by atoms with E-state index >= 15 is 0 Å². The van der Waals surface area contributed by atoms with Gasteiger partial charge in [-0.3, -0.25) is 0 Å². The lowest BCUT2D eigenvalue weighted by Gasteiger charge is -2.37. The summed E-state index contributed by atoms with van der Waals surface area (Å²) in [6.07, 6.45) is 1.52. The van der Waals surface area contributed by atoms with E-state index in [9.17, 15) is 5.11 Å². The van der Waals surface area contributed by atoms with E-state index < -0.39 is 6.10 Å². The summed E-state index contributed by atoms with van der Waals surface area (Å²) in [5.41, 5.74) is 0.433. The molecule has 1 N–H and O–H groups in total. The summed E-state index contributed by atoms with van der Waals surface area (Å²) in [5, 5.41) is 21.7. The van der Waals surface area contributed by atoms with Crippen molar-refractivity contribution in [3.05, 3.63) is 45.2 Å². The molecule has 0 bridgehead atoms. The summed E-state index contributed by atoms with van der Waals surface area (Å²) in [5.74, 6) is 0.636. The van der Waals surface area contributed by atoms with Crippen LogP contribution in [0.15, 0.2) is 29.8 Å². The van der Waals surface area contributed by atoms with Gasteiger partial charge in [0, 0.05) is 24.0 Å². The van der Waals surface area contributed by atoms with Gasteiger partial charge in [0.25, 0.3) is 0 Å². The molecule has 5 nitrogen and oxygen atoms in total. The van der Waals surface area contributed by atoms with Gasteiger partial charge in [-0.25, -0.2) is 4.98 Å². The number of anilines is 1. The highest BCUT2D eigenvalue weighted by Gasteiger charge is 2.28. The molecule has 2 aromatic heterocycles. The van der Waals surface area contributed by atoms with Crippen molar-refractivity contribution in [1.82, 2.24) is 4.98 Å². The van der Waals surface area contributed by atoms with Crippen molar-refractivity contribution >= 4 is 28.8 Å². The second-order valence-corrected chi connectivity index (χ2v) is 6.72. The average Bonchev–Trinajstić information content (AvgIpc) is 3.10. The summed E-state index contributed by atoms with van der Waals surface area (Å²) < 4.78 is 5.56. The largest absolute Gasteiger partial charge is 0.387 e. The first-order valence-corrected chi connectivity index (χ1v) is 8.56. The maximum Gasteiger partial charge on any atom is 0.147 e. The zero-order valence-corrected chi connectivity index (χ0v) is 13.9. The molecule has 1 fully saturated rings. The fraction of sp³-hybridized carbons (Fsp3) is 0.375. The standard InChI is InChI=1S/C16H16ClN3O2S/c17-13-6-11(8-18)9-19-16(13)20-3-4-22-10-12(20)7-14(21)15-2-1-5-23-15/h1-2,5-6,9,12,14,21H,3-4,7,10H2/t12-,14+/m0/s1. The number of hydrogen-bond acceptors (Lipinski definition) is 6. The Kier molecular flexibility index (Phi) is 5.13. The smallest absolute Gasteiger partial charge is 0.147 e. The molecular weight excluding hydrogens is 334 g/mol. The Morgan fingerprint density at radius 1 is 1.61 bits per heavy atom. The molecule has 1 aliphatic rings. The third kappa shape index (κ3) is 3.65. The Morgan fingerprint density at radius 3 is 3.17 bits per heavy atom. The van der Waals surface area contributed by atoms with Crippen molar-refractivity contribution in [3.63, 3.8) is 0 Å². The predicted molar refractivity (Wildman–Crippen MR) is 89.8 cm³/mol. The zero-order chi connectivity index (χ0) is 16.2. The highest BCUT2D eigenvalue weighted by molar-refractivity contribution is 7.10. The molecule has 0 aliphatic carbocycles. The summed E-state index contributed by atoms with van der Waals surface area (Å²) in [7, 11) is 0. The number of nitriles is 1. The Balaban J connectivity index is 1.80. The molecule has 0 amide bonds. The normalized spacial score (nSPS) is 19.3. The van der Waals surface area contributed by atoms with E-state index in [2.05, 4.69) is 9.88 Å². The fourth-order valence-electron chi connectivity index (χ4n) is 2.69. The number of thiophene rings is 1. The van der Waals surface area contributed by atoms with Crippen LogP contribution in [0.3, 0.4) is 0 Å². The van der Waals surface area contributed by atoms with Gasteiger partial charge >= 0.3 is 0 Å². The van der Waals surface area contributed by atoms with Gasteiger partial charge in [-0.05, 0) is 17.5 Å². The molecule has 0 saturated carbocycles. The Morgan fingerprint density at radius 2 is 2.48 bits per heavy atom. The van der Waals surface area contributed by atoms with Crippen LogP contribution in [0.2, 0.25) is 5.02 Å². The van der Waals surface area contributed by atoms with Crippen molar-refractivity contribution in [2.45, 2.75) is 18.6 Å². The van der Waals surface area contributed by atoms with Gasteiger partial charge in [-0.2, -0.15) is 5.26 Å². The van der Waals surface area contributed by atoms with Crippen LogP contribution in [-0.2, 0) is 4.74 Å². The SMILES string of the molecule is N#Cc1cnc(N2CCOC[C@@H]2C[C@@H](O)c2cccs2)c(Cl)c1. The predicted octanol–water partition coefficient (Wildman–Crippen LogP) is 3.00. The second kappa shape index (κ2) is 7.28. The lowest BCUT2D eigenvalue weighted by molar-refractivity contribution is 0.0684. The van der Waals surface area contributed by atoms with Gasteiger partial charge in [-0.1, -0.05) is 17.7 Å². The molecule has 0 aromatic carbocycles. The lowest BCUT2D eigenvalue weighted by atomic mass is 10.1. The molecule has 0 unspecified atom stereocenters. The summed E-state index contributed by atoms with van der Waals surface area (Å²) in [6, 6.07) is 7.49. The maximum atomic E-state index is 10.4. The number of pyridine rings is 1.